The van der Waals surface area contributed by atoms with Crippen molar-refractivity contribution in [3.63, 3.8) is 0 Å². The molecule has 3 rings (SSSR count). The molecule has 178 valence electrons. The molecule has 0 spiro atoms. The zero-order valence-electron chi connectivity index (χ0n) is 19.2. The molecule has 0 radical (unpaired) electrons. The zero-order valence-corrected chi connectivity index (χ0v) is 20.8. The molecule has 2 aromatic carbocycles. The van der Waals surface area contributed by atoms with Gasteiger partial charge in [-0.3, -0.25) is 4.79 Å². The number of nitrogens with one attached hydrogen (secondary N) is 3. The summed E-state index contributed by atoms with van der Waals surface area (Å²) in [6.07, 6.45) is 1.86. The predicted octanol–water partition coefficient (Wildman–Crippen LogP) is 5.15. The molecule has 0 aliphatic rings. The van der Waals surface area contributed by atoms with Crippen molar-refractivity contribution in [1.29, 1.82) is 0 Å². The fraction of sp³-hybridized carbons (Fsp3) is 0.250. The van der Waals surface area contributed by atoms with E-state index in [2.05, 4.69) is 25.9 Å². The number of carboxylic acids is 1. The topological polar surface area (TPSA) is 108 Å². The summed E-state index contributed by atoms with van der Waals surface area (Å²) in [4.78, 5) is 21.4. The number of aromatic nitrogens is 2. The highest BCUT2D eigenvalue weighted by atomic mass is 32.2. The first-order valence-corrected chi connectivity index (χ1v) is 12.3. The van der Waals surface area contributed by atoms with E-state index in [-0.39, 0.29) is 11.5 Å². The maximum Gasteiger partial charge on any atom is 0.305 e. The number of thioether (sulfide) groups is 1. The average molecular weight is 498 g/mol. The van der Waals surface area contributed by atoms with E-state index >= 15 is 0 Å². The Morgan fingerprint density at radius 3 is 2.47 bits per heavy atom. The molecule has 0 amide bonds. The van der Waals surface area contributed by atoms with E-state index in [1.54, 1.807) is 11.8 Å². The molecule has 0 aliphatic carbocycles. The molecule has 8 nitrogen and oxygen atoms in total. The molecule has 0 bridgehead atoms. The van der Waals surface area contributed by atoms with Gasteiger partial charge in [0, 0.05) is 22.3 Å². The van der Waals surface area contributed by atoms with Crippen molar-refractivity contribution in [2.24, 2.45) is 0 Å². The molecule has 1 aromatic heterocycles. The average Bonchev–Trinajstić information content (AvgIpc) is 2.79. The van der Waals surface area contributed by atoms with Crippen LogP contribution in [0.5, 0.6) is 5.75 Å². The van der Waals surface area contributed by atoms with Gasteiger partial charge in [0.1, 0.15) is 11.6 Å². The molecule has 34 heavy (non-hydrogen) atoms. The third-order valence-electron chi connectivity index (χ3n) is 4.72. The van der Waals surface area contributed by atoms with Crippen LogP contribution in [0.15, 0.2) is 59.5 Å². The molecule has 1 heterocycles. The minimum Gasteiger partial charge on any atom is -0.494 e. The Hall–Kier alpha value is -3.37. The van der Waals surface area contributed by atoms with Gasteiger partial charge in [-0.15, -0.1) is 11.8 Å². The molecule has 0 saturated heterocycles. The van der Waals surface area contributed by atoms with Crippen LogP contribution in [0.4, 0.5) is 17.5 Å². The van der Waals surface area contributed by atoms with Crippen molar-refractivity contribution < 1.29 is 14.6 Å². The van der Waals surface area contributed by atoms with Crippen molar-refractivity contribution >= 4 is 52.5 Å². The Morgan fingerprint density at radius 1 is 1.15 bits per heavy atom. The second-order valence-electron chi connectivity index (χ2n) is 7.32. The van der Waals surface area contributed by atoms with Gasteiger partial charge in [-0.25, -0.2) is 4.98 Å². The van der Waals surface area contributed by atoms with Gasteiger partial charge in [-0.2, -0.15) is 4.98 Å². The van der Waals surface area contributed by atoms with Crippen LogP contribution in [-0.2, 0) is 4.79 Å². The Morgan fingerprint density at radius 2 is 1.85 bits per heavy atom. The number of carbonyl (C=O) groups is 1. The highest BCUT2D eigenvalue weighted by Gasteiger charge is 2.17. The van der Waals surface area contributed by atoms with Gasteiger partial charge in [-0.1, -0.05) is 12.1 Å². The number of aliphatic carboxylic acids is 1. The summed E-state index contributed by atoms with van der Waals surface area (Å²) in [5.41, 5.74) is 2.42. The van der Waals surface area contributed by atoms with E-state index in [4.69, 9.17) is 17.0 Å². The van der Waals surface area contributed by atoms with E-state index in [0.29, 0.717) is 18.4 Å². The second kappa shape index (κ2) is 12.2. The van der Waals surface area contributed by atoms with Crippen molar-refractivity contribution in [3.8, 4) is 5.75 Å². The quantitative estimate of drug-likeness (QED) is 0.222. The molecule has 1 atom stereocenters. The zero-order chi connectivity index (χ0) is 24.5. The largest absolute Gasteiger partial charge is 0.494 e. The molecule has 1 unspecified atom stereocenters. The minimum atomic E-state index is -0.928. The summed E-state index contributed by atoms with van der Waals surface area (Å²) in [5, 5.41) is 18.9. The molecule has 0 saturated carbocycles. The van der Waals surface area contributed by atoms with E-state index in [0.717, 1.165) is 27.6 Å². The fourth-order valence-electron chi connectivity index (χ4n) is 3.20. The first-order valence-electron chi connectivity index (χ1n) is 10.6. The van der Waals surface area contributed by atoms with Gasteiger partial charge < -0.3 is 25.8 Å². The van der Waals surface area contributed by atoms with Crippen LogP contribution in [0.1, 0.15) is 30.6 Å². The van der Waals surface area contributed by atoms with Gasteiger partial charge in [-0.05, 0) is 74.3 Å². The molecule has 4 N–H and O–H groups in total. The van der Waals surface area contributed by atoms with Crippen LogP contribution in [-0.4, -0.2) is 39.0 Å². The van der Waals surface area contributed by atoms with Crippen molar-refractivity contribution in [1.82, 2.24) is 15.3 Å². The number of hydrogen-bond acceptors (Lipinski definition) is 7. The van der Waals surface area contributed by atoms with Crippen molar-refractivity contribution in [3.05, 3.63) is 65.9 Å². The molecule has 0 aliphatic heterocycles. The molecule has 0 fully saturated rings. The highest BCUT2D eigenvalue weighted by Crippen LogP contribution is 2.23. The predicted molar refractivity (Wildman–Crippen MR) is 140 cm³/mol. The Balaban J connectivity index is 1.69. The normalized spacial score (nSPS) is 11.4. The van der Waals surface area contributed by atoms with Crippen molar-refractivity contribution in [2.45, 2.75) is 31.2 Å². The SMILES string of the molecule is CCOc1ccc(Nc2cc(C)nc(NC(=S)NC(CC(=O)O)c3ccc(SC)cc3)n2)cc1. The number of aryl methyl sites for hydroxylation is 1. The standard InChI is InChI=1S/C24H27N5O3S2/c1-4-32-18-9-7-17(8-10-18)26-21-13-15(2)25-23(28-21)29-24(33)27-20(14-22(30)31)16-5-11-19(34-3)12-6-16/h5-13,20H,4,14H2,1-3H3,(H,30,31)(H3,25,26,27,28,29,33). The second-order valence-corrected chi connectivity index (χ2v) is 8.61. The van der Waals surface area contributed by atoms with E-state index < -0.39 is 12.0 Å². The summed E-state index contributed by atoms with van der Waals surface area (Å²) in [7, 11) is 0. The lowest BCUT2D eigenvalue weighted by atomic mass is 10.0. The van der Waals surface area contributed by atoms with Gasteiger partial charge in [0.25, 0.3) is 0 Å². The maximum absolute atomic E-state index is 11.4. The first kappa shape index (κ1) is 25.3. The maximum atomic E-state index is 11.4. The van der Waals surface area contributed by atoms with Crippen molar-refractivity contribution in [2.75, 3.05) is 23.5 Å². The lowest BCUT2D eigenvalue weighted by Crippen LogP contribution is -2.34. The molecular weight excluding hydrogens is 470 g/mol. The van der Waals surface area contributed by atoms with Crippen LogP contribution >= 0.6 is 24.0 Å². The summed E-state index contributed by atoms with van der Waals surface area (Å²) in [6, 6.07) is 16.6. The molecule has 3 aromatic rings. The number of hydrogen-bond donors (Lipinski definition) is 4. The summed E-state index contributed by atoms with van der Waals surface area (Å²) >= 11 is 7.06. The van der Waals surface area contributed by atoms with Crippen LogP contribution < -0.4 is 20.7 Å². The number of anilines is 3. The van der Waals surface area contributed by atoms with Crippen LogP contribution in [0, 0.1) is 6.92 Å². The number of carboxylic acid groups (broad SMARTS) is 1. The summed E-state index contributed by atoms with van der Waals surface area (Å²) in [6.45, 7) is 4.40. The van der Waals surface area contributed by atoms with E-state index in [1.807, 2.05) is 74.7 Å². The lowest BCUT2D eigenvalue weighted by molar-refractivity contribution is -0.137. The minimum absolute atomic E-state index is 0.125. The Labute approximate surface area is 208 Å². The number of benzene rings is 2. The number of ether oxygens (including phenoxy) is 1. The van der Waals surface area contributed by atoms with Gasteiger partial charge in [0.2, 0.25) is 5.95 Å². The summed E-state index contributed by atoms with van der Waals surface area (Å²) < 4.78 is 5.47. The number of thiocarbonyl (C=S) groups is 1. The van der Waals surface area contributed by atoms with E-state index in [1.165, 1.54) is 0 Å². The monoisotopic (exact) mass is 497 g/mol. The molecular formula is C24H27N5O3S2. The van der Waals surface area contributed by atoms with Gasteiger partial charge in [0.05, 0.1) is 19.1 Å². The molecule has 10 heteroatoms. The van der Waals surface area contributed by atoms with Crippen LogP contribution in [0.25, 0.3) is 0 Å². The third kappa shape index (κ3) is 7.60. The third-order valence-corrected chi connectivity index (χ3v) is 5.68. The van der Waals surface area contributed by atoms with E-state index in [9.17, 15) is 9.90 Å². The highest BCUT2D eigenvalue weighted by molar-refractivity contribution is 7.98. The van der Waals surface area contributed by atoms with Gasteiger partial charge >= 0.3 is 5.97 Å². The first-order chi connectivity index (χ1) is 16.4. The number of nitrogens with zero attached hydrogens (tertiary/aromatic N) is 2. The van der Waals surface area contributed by atoms with Crippen LogP contribution in [0.2, 0.25) is 0 Å². The fourth-order valence-corrected chi connectivity index (χ4v) is 3.84. The van der Waals surface area contributed by atoms with Crippen LogP contribution in [0.3, 0.4) is 0 Å². The lowest BCUT2D eigenvalue weighted by Gasteiger charge is -2.20. The van der Waals surface area contributed by atoms with Gasteiger partial charge in [0.15, 0.2) is 5.11 Å². The Bertz CT molecular complexity index is 1120. The Kier molecular flexibility index (Phi) is 9.06. The number of rotatable bonds is 10. The smallest absolute Gasteiger partial charge is 0.305 e. The summed E-state index contributed by atoms with van der Waals surface area (Å²) in [5.74, 6) is 0.766.